The number of carboxylic acid groups (broad SMARTS) is 1. The molecule has 0 saturated heterocycles. The third-order valence-corrected chi connectivity index (χ3v) is 4.29. The van der Waals surface area contributed by atoms with Crippen LogP contribution in [0.1, 0.15) is 10.4 Å². The first-order valence-electron chi connectivity index (χ1n) is 5.00. The highest BCUT2D eigenvalue weighted by Gasteiger charge is 2.18. The van der Waals surface area contributed by atoms with E-state index in [4.69, 9.17) is 10.8 Å². The van der Waals surface area contributed by atoms with Gasteiger partial charge in [0.25, 0.3) is 0 Å². The Bertz CT molecular complexity index is 543. The Morgan fingerprint density at radius 2 is 2.17 bits per heavy atom. The van der Waals surface area contributed by atoms with Crippen LogP contribution in [-0.4, -0.2) is 38.0 Å². The van der Waals surface area contributed by atoms with Crippen LogP contribution in [0.5, 0.6) is 0 Å². The smallest absolute Gasteiger partial charge is 0.335 e. The number of anilines is 1. The van der Waals surface area contributed by atoms with Crippen molar-refractivity contribution in [3.63, 3.8) is 0 Å². The fourth-order valence-corrected chi connectivity index (χ4v) is 2.86. The van der Waals surface area contributed by atoms with Gasteiger partial charge in [0.2, 0.25) is 10.0 Å². The fraction of sp³-hybridized carbons (Fsp3) is 0.300. The minimum absolute atomic E-state index is 0.0458. The molecule has 0 unspecified atom stereocenters. The lowest BCUT2D eigenvalue weighted by Crippen LogP contribution is -2.26. The zero-order chi connectivity index (χ0) is 13.8. The van der Waals surface area contributed by atoms with Crippen LogP contribution in [0, 0.1) is 0 Å². The second-order valence-electron chi connectivity index (χ2n) is 3.45. The summed E-state index contributed by atoms with van der Waals surface area (Å²) in [4.78, 5) is 10.6. The number of carbonyl (C=O) groups is 1. The molecule has 18 heavy (non-hydrogen) atoms. The monoisotopic (exact) mass is 290 g/mol. The number of rotatable bonds is 6. The van der Waals surface area contributed by atoms with Crippen molar-refractivity contribution in [1.29, 1.82) is 0 Å². The molecule has 1 aromatic rings. The summed E-state index contributed by atoms with van der Waals surface area (Å²) in [5, 5.41) is 8.75. The molecule has 4 N–H and O–H groups in total. The number of nitrogen functional groups attached to an aromatic ring is 1. The third-order valence-electron chi connectivity index (χ3n) is 2.14. The van der Waals surface area contributed by atoms with E-state index in [1.165, 1.54) is 23.9 Å². The summed E-state index contributed by atoms with van der Waals surface area (Å²) in [5.74, 6) is -0.507. The van der Waals surface area contributed by atoms with Gasteiger partial charge in [0.15, 0.2) is 0 Å². The van der Waals surface area contributed by atoms with Gasteiger partial charge in [-0.05, 0) is 24.5 Å². The largest absolute Gasteiger partial charge is 0.478 e. The summed E-state index contributed by atoms with van der Waals surface area (Å²) >= 11 is 1.51. The van der Waals surface area contributed by atoms with Crippen molar-refractivity contribution in [2.24, 2.45) is 0 Å². The second-order valence-corrected chi connectivity index (χ2v) is 6.17. The predicted octanol–water partition coefficient (Wildman–Crippen LogP) is 0.608. The Kier molecular flexibility index (Phi) is 5.00. The van der Waals surface area contributed by atoms with Crippen molar-refractivity contribution < 1.29 is 18.3 Å². The van der Waals surface area contributed by atoms with Gasteiger partial charge in [-0.25, -0.2) is 17.9 Å². The van der Waals surface area contributed by atoms with Crippen molar-refractivity contribution in [3.8, 4) is 0 Å². The van der Waals surface area contributed by atoms with Crippen molar-refractivity contribution in [3.05, 3.63) is 23.8 Å². The van der Waals surface area contributed by atoms with Gasteiger partial charge in [0.1, 0.15) is 4.90 Å². The highest BCUT2D eigenvalue weighted by Crippen LogP contribution is 2.19. The van der Waals surface area contributed by atoms with Gasteiger partial charge in [-0.3, -0.25) is 0 Å². The summed E-state index contributed by atoms with van der Waals surface area (Å²) in [6.45, 7) is 0.295. The number of sulfonamides is 1. The molecule has 0 fully saturated rings. The van der Waals surface area contributed by atoms with Crippen molar-refractivity contribution in [2.75, 3.05) is 24.3 Å². The fourth-order valence-electron chi connectivity index (χ4n) is 1.28. The quantitative estimate of drug-likeness (QED) is 0.523. The first kappa shape index (κ1) is 14.8. The molecule has 0 atom stereocenters. The zero-order valence-corrected chi connectivity index (χ0v) is 11.3. The van der Waals surface area contributed by atoms with E-state index in [1.807, 2.05) is 6.26 Å². The topological polar surface area (TPSA) is 109 Å². The maximum absolute atomic E-state index is 11.9. The Morgan fingerprint density at radius 1 is 1.50 bits per heavy atom. The number of nitrogens with one attached hydrogen (secondary N) is 1. The van der Waals surface area contributed by atoms with Crippen LogP contribution in [0.4, 0.5) is 5.69 Å². The van der Waals surface area contributed by atoms with Gasteiger partial charge in [-0.1, -0.05) is 0 Å². The number of carboxylic acids is 1. The molecule has 0 bridgehead atoms. The van der Waals surface area contributed by atoms with Crippen LogP contribution in [0.25, 0.3) is 0 Å². The van der Waals surface area contributed by atoms with Crippen molar-refractivity contribution in [1.82, 2.24) is 4.72 Å². The molecule has 8 heteroatoms. The lowest BCUT2D eigenvalue weighted by Gasteiger charge is -2.09. The number of benzene rings is 1. The first-order chi connectivity index (χ1) is 8.38. The number of aromatic carboxylic acids is 1. The Labute approximate surface area is 110 Å². The standard InChI is InChI=1S/C10H14N2O4S2/c1-17-5-4-12-18(15,16)9-3-2-7(10(13)14)6-8(9)11/h2-3,6,12H,4-5,11H2,1H3,(H,13,14). The van der Waals surface area contributed by atoms with Crippen LogP contribution in [0.15, 0.2) is 23.1 Å². The lowest BCUT2D eigenvalue weighted by molar-refractivity contribution is 0.0697. The van der Waals surface area contributed by atoms with E-state index < -0.39 is 16.0 Å². The third kappa shape index (κ3) is 3.62. The molecule has 0 aliphatic carbocycles. The molecule has 0 spiro atoms. The Hall–Kier alpha value is -1.25. The molecule has 0 amide bonds. The maximum atomic E-state index is 11.9. The van der Waals surface area contributed by atoms with Gasteiger partial charge in [-0.2, -0.15) is 11.8 Å². The SMILES string of the molecule is CSCCNS(=O)(=O)c1ccc(C(=O)O)cc1N. The Morgan fingerprint density at radius 3 is 2.67 bits per heavy atom. The van der Waals surface area contributed by atoms with Crippen molar-refractivity contribution >= 4 is 33.4 Å². The highest BCUT2D eigenvalue weighted by atomic mass is 32.2. The van der Waals surface area contributed by atoms with E-state index in [1.54, 1.807) is 0 Å². The van der Waals surface area contributed by atoms with Gasteiger partial charge < -0.3 is 10.8 Å². The Balaban J connectivity index is 2.99. The van der Waals surface area contributed by atoms with Crippen molar-refractivity contribution in [2.45, 2.75) is 4.90 Å². The second kappa shape index (κ2) is 6.07. The van der Waals surface area contributed by atoms with E-state index >= 15 is 0 Å². The minimum Gasteiger partial charge on any atom is -0.478 e. The normalized spacial score (nSPS) is 11.4. The summed E-state index contributed by atoms with van der Waals surface area (Å²) in [6.07, 6.45) is 1.87. The summed E-state index contributed by atoms with van der Waals surface area (Å²) in [7, 11) is -3.69. The van der Waals surface area contributed by atoms with Gasteiger partial charge in [-0.15, -0.1) is 0 Å². The van der Waals surface area contributed by atoms with Crippen LogP contribution in [0.2, 0.25) is 0 Å². The van der Waals surface area contributed by atoms with E-state index in [0.29, 0.717) is 12.3 Å². The maximum Gasteiger partial charge on any atom is 0.335 e. The molecule has 0 aromatic heterocycles. The summed E-state index contributed by atoms with van der Waals surface area (Å²) in [5.41, 5.74) is 5.44. The van der Waals surface area contributed by atoms with Gasteiger partial charge in [0, 0.05) is 12.3 Å². The van der Waals surface area contributed by atoms with E-state index in [0.717, 1.165) is 6.07 Å². The molecule has 1 aromatic carbocycles. The molecular weight excluding hydrogens is 276 g/mol. The van der Waals surface area contributed by atoms with Gasteiger partial charge >= 0.3 is 5.97 Å². The molecule has 0 aliphatic heterocycles. The molecule has 0 heterocycles. The number of hydrogen-bond acceptors (Lipinski definition) is 5. The minimum atomic E-state index is -3.69. The molecule has 100 valence electrons. The number of hydrogen-bond donors (Lipinski definition) is 3. The molecule has 6 nitrogen and oxygen atoms in total. The number of nitrogens with two attached hydrogens (primary N) is 1. The summed E-state index contributed by atoms with van der Waals surface area (Å²) in [6, 6.07) is 3.54. The first-order valence-corrected chi connectivity index (χ1v) is 7.87. The molecule has 1 rings (SSSR count). The molecule has 0 aliphatic rings. The molecule has 0 saturated carbocycles. The average molecular weight is 290 g/mol. The lowest BCUT2D eigenvalue weighted by atomic mass is 10.2. The van der Waals surface area contributed by atoms with E-state index in [-0.39, 0.29) is 16.1 Å². The zero-order valence-electron chi connectivity index (χ0n) is 9.71. The van der Waals surface area contributed by atoms with E-state index in [2.05, 4.69) is 4.72 Å². The highest BCUT2D eigenvalue weighted by molar-refractivity contribution is 7.98. The van der Waals surface area contributed by atoms with Crippen LogP contribution in [-0.2, 0) is 10.0 Å². The number of thioether (sulfide) groups is 1. The van der Waals surface area contributed by atoms with Crippen LogP contribution in [0.3, 0.4) is 0 Å². The molecular formula is C10H14N2O4S2. The van der Waals surface area contributed by atoms with Gasteiger partial charge in [0.05, 0.1) is 11.3 Å². The van der Waals surface area contributed by atoms with Crippen LogP contribution < -0.4 is 10.5 Å². The molecule has 0 radical (unpaired) electrons. The van der Waals surface area contributed by atoms with E-state index in [9.17, 15) is 13.2 Å². The van der Waals surface area contributed by atoms with Crippen LogP contribution >= 0.6 is 11.8 Å². The average Bonchev–Trinajstić information content (AvgIpc) is 2.28. The summed E-state index contributed by atoms with van der Waals surface area (Å²) < 4.78 is 26.1. The predicted molar refractivity (Wildman–Crippen MR) is 71.4 cm³/mol.